The van der Waals surface area contributed by atoms with E-state index < -0.39 is 17.7 Å². The van der Waals surface area contributed by atoms with Crippen molar-refractivity contribution in [2.24, 2.45) is 0 Å². The molecule has 0 radical (unpaired) electrons. The zero-order chi connectivity index (χ0) is 18.6. The molecule has 2 rings (SSSR count). The first-order valence-corrected chi connectivity index (χ1v) is 7.28. The molecule has 7 nitrogen and oxygen atoms in total. The lowest BCUT2D eigenvalue weighted by Crippen LogP contribution is -2.18. The fourth-order valence-corrected chi connectivity index (χ4v) is 2.22. The number of nitrogens with one attached hydrogen (secondary N) is 1. The van der Waals surface area contributed by atoms with Gasteiger partial charge in [-0.1, -0.05) is 0 Å². The third-order valence-electron chi connectivity index (χ3n) is 3.53. The zero-order valence-corrected chi connectivity index (χ0v) is 13.3. The monoisotopic (exact) mass is 341 g/mol. The lowest BCUT2D eigenvalue weighted by molar-refractivity contribution is 0.0686. The highest BCUT2D eigenvalue weighted by Gasteiger charge is 2.17. The number of anilines is 1. The summed E-state index contributed by atoms with van der Waals surface area (Å²) in [6.45, 7) is 1.13. The van der Waals surface area contributed by atoms with Crippen LogP contribution < -0.4 is 5.32 Å². The maximum Gasteiger partial charge on any atom is 0.335 e. The number of aromatic carboxylic acids is 2. The standard InChI is InChI=1S/C18H15NO6/c1-10(20)14-7-4-12(18(24)25)8-15(14)16(21)9-19-13-5-2-11(3-6-13)17(22)23/h2-8,19H,9H2,1H3,(H,22,23)(H,24,25). The van der Waals surface area contributed by atoms with Crippen molar-refractivity contribution in [3.63, 3.8) is 0 Å². The van der Waals surface area contributed by atoms with Crippen LogP contribution >= 0.6 is 0 Å². The number of rotatable bonds is 7. The van der Waals surface area contributed by atoms with Crippen LogP contribution in [0.15, 0.2) is 42.5 Å². The molecule has 0 aliphatic rings. The predicted octanol–water partition coefficient (Wildman–Crippen LogP) is 2.58. The summed E-state index contributed by atoms with van der Waals surface area (Å²) in [4.78, 5) is 45.9. The Kier molecular flexibility index (Phi) is 5.28. The van der Waals surface area contributed by atoms with Crippen LogP contribution in [-0.2, 0) is 0 Å². The molecule has 0 atom stereocenters. The van der Waals surface area contributed by atoms with Crippen molar-refractivity contribution < 1.29 is 29.4 Å². The van der Waals surface area contributed by atoms with E-state index in [0.717, 1.165) is 0 Å². The molecule has 0 heterocycles. The first-order valence-electron chi connectivity index (χ1n) is 7.28. The van der Waals surface area contributed by atoms with Gasteiger partial charge >= 0.3 is 11.9 Å². The summed E-state index contributed by atoms with van der Waals surface area (Å²) in [7, 11) is 0. The Bertz CT molecular complexity index is 854. The number of Topliss-reactive ketones (excluding diaryl/α,β-unsaturated/α-hetero) is 2. The Balaban J connectivity index is 2.19. The van der Waals surface area contributed by atoms with Crippen molar-refractivity contribution in [2.75, 3.05) is 11.9 Å². The number of carboxylic acids is 2. The molecule has 0 aromatic heterocycles. The molecule has 0 aliphatic carbocycles. The highest BCUT2D eigenvalue weighted by atomic mass is 16.4. The summed E-state index contributed by atoms with van der Waals surface area (Å²) in [6, 6.07) is 9.57. The molecule has 0 bridgehead atoms. The quantitative estimate of drug-likeness (QED) is 0.662. The number of hydrogen-bond acceptors (Lipinski definition) is 5. The summed E-state index contributed by atoms with van der Waals surface area (Å²) in [6.07, 6.45) is 0. The van der Waals surface area contributed by atoms with Gasteiger partial charge in [-0.05, 0) is 49.4 Å². The maximum atomic E-state index is 12.4. The second-order valence-electron chi connectivity index (χ2n) is 5.28. The Morgan fingerprint density at radius 3 is 1.92 bits per heavy atom. The van der Waals surface area contributed by atoms with Gasteiger partial charge in [0.1, 0.15) is 0 Å². The first kappa shape index (κ1) is 17.9. The zero-order valence-electron chi connectivity index (χ0n) is 13.3. The fraction of sp³-hybridized carbons (Fsp3) is 0.111. The minimum Gasteiger partial charge on any atom is -0.478 e. The van der Waals surface area contributed by atoms with E-state index in [1.54, 1.807) is 0 Å². The van der Waals surface area contributed by atoms with E-state index in [4.69, 9.17) is 10.2 Å². The van der Waals surface area contributed by atoms with Crippen molar-refractivity contribution in [2.45, 2.75) is 6.92 Å². The molecule has 2 aromatic carbocycles. The topological polar surface area (TPSA) is 121 Å². The Morgan fingerprint density at radius 2 is 1.40 bits per heavy atom. The summed E-state index contributed by atoms with van der Waals surface area (Å²) in [5.74, 6) is -3.04. The second kappa shape index (κ2) is 7.39. The molecule has 128 valence electrons. The molecule has 0 amide bonds. The number of carbonyl (C=O) groups is 4. The van der Waals surface area contributed by atoms with Crippen LogP contribution in [0.4, 0.5) is 5.69 Å². The minimum atomic E-state index is -1.19. The minimum absolute atomic E-state index is 0.0297. The Morgan fingerprint density at radius 1 is 0.840 bits per heavy atom. The number of ketones is 2. The van der Waals surface area contributed by atoms with Crippen LogP contribution in [-0.4, -0.2) is 40.3 Å². The summed E-state index contributed by atoms with van der Waals surface area (Å²) in [5, 5.41) is 20.7. The van der Waals surface area contributed by atoms with Gasteiger partial charge in [-0.3, -0.25) is 9.59 Å². The van der Waals surface area contributed by atoms with Crippen molar-refractivity contribution in [1.29, 1.82) is 0 Å². The second-order valence-corrected chi connectivity index (χ2v) is 5.28. The molecule has 0 aliphatic heterocycles. The number of carbonyl (C=O) groups excluding carboxylic acids is 2. The van der Waals surface area contributed by atoms with E-state index in [-0.39, 0.29) is 34.6 Å². The Labute approximate surface area is 142 Å². The fourth-order valence-electron chi connectivity index (χ4n) is 2.22. The molecule has 3 N–H and O–H groups in total. The van der Waals surface area contributed by atoms with Crippen molar-refractivity contribution in [3.05, 3.63) is 64.7 Å². The largest absolute Gasteiger partial charge is 0.478 e. The SMILES string of the molecule is CC(=O)c1ccc(C(=O)O)cc1C(=O)CNc1ccc(C(=O)O)cc1. The van der Waals surface area contributed by atoms with Gasteiger partial charge in [0.05, 0.1) is 17.7 Å². The van der Waals surface area contributed by atoms with E-state index in [2.05, 4.69) is 5.32 Å². The van der Waals surface area contributed by atoms with Gasteiger partial charge in [-0.2, -0.15) is 0 Å². The molecule has 0 saturated carbocycles. The van der Waals surface area contributed by atoms with Crippen molar-refractivity contribution in [1.82, 2.24) is 0 Å². The van der Waals surface area contributed by atoms with Gasteiger partial charge in [0.15, 0.2) is 11.6 Å². The predicted molar refractivity (Wildman–Crippen MR) is 89.6 cm³/mol. The average molecular weight is 341 g/mol. The van der Waals surface area contributed by atoms with Crippen LogP contribution in [0.25, 0.3) is 0 Å². The number of benzene rings is 2. The smallest absolute Gasteiger partial charge is 0.335 e. The van der Waals surface area contributed by atoms with E-state index >= 15 is 0 Å². The van der Waals surface area contributed by atoms with Gasteiger partial charge in [0.2, 0.25) is 0 Å². The third-order valence-corrected chi connectivity index (χ3v) is 3.53. The van der Waals surface area contributed by atoms with Gasteiger partial charge in [0, 0.05) is 16.8 Å². The van der Waals surface area contributed by atoms with Gasteiger partial charge in [0.25, 0.3) is 0 Å². The summed E-state index contributed by atoms with van der Waals surface area (Å²) >= 11 is 0. The Hall–Kier alpha value is -3.48. The normalized spacial score (nSPS) is 10.1. The maximum absolute atomic E-state index is 12.4. The molecule has 2 aromatic rings. The van der Waals surface area contributed by atoms with Crippen molar-refractivity contribution in [3.8, 4) is 0 Å². The molecule has 25 heavy (non-hydrogen) atoms. The highest BCUT2D eigenvalue weighted by molar-refractivity contribution is 6.10. The molecular weight excluding hydrogens is 326 g/mol. The van der Waals surface area contributed by atoms with Crippen molar-refractivity contribution >= 4 is 29.2 Å². The first-order chi connectivity index (χ1) is 11.8. The van der Waals surface area contributed by atoms with Crippen LogP contribution in [0.5, 0.6) is 0 Å². The number of hydrogen-bond donors (Lipinski definition) is 3. The molecule has 7 heteroatoms. The van der Waals surface area contributed by atoms with Gasteiger partial charge < -0.3 is 15.5 Å². The molecular formula is C18H15NO6. The summed E-state index contributed by atoms with van der Waals surface area (Å²) < 4.78 is 0. The lowest BCUT2D eigenvalue weighted by Gasteiger charge is -2.10. The van der Waals surface area contributed by atoms with Crippen LogP contribution in [0.1, 0.15) is 48.4 Å². The molecule has 0 spiro atoms. The van der Waals surface area contributed by atoms with Crippen LogP contribution in [0, 0.1) is 0 Å². The molecule has 0 saturated heterocycles. The lowest BCUT2D eigenvalue weighted by atomic mass is 9.98. The number of carboxylic acid groups (broad SMARTS) is 2. The molecule has 0 unspecified atom stereocenters. The average Bonchev–Trinajstić information content (AvgIpc) is 2.59. The third kappa shape index (κ3) is 4.29. The highest BCUT2D eigenvalue weighted by Crippen LogP contribution is 2.15. The van der Waals surface area contributed by atoms with Crippen LogP contribution in [0.3, 0.4) is 0 Å². The van der Waals surface area contributed by atoms with Gasteiger partial charge in [-0.15, -0.1) is 0 Å². The van der Waals surface area contributed by atoms with Crippen LogP contribution in [0.2, 0.25) is 0 Å². The van der Waals surface area contributed by atoms with E-state index in [1.165, 1.54) is 49.4 Å². The van der Waals surface area contributed by atoms with E-state index in [1.807, 2.05) is 0 Å². The van der Waals surface area contributed by atoms with E-state index in [0.29, 0.717) is 5.69 Å². The molecule has 0 fully saturated rings. The summed E-state index contributed by atoms with van der Waals surface area (Å²) in [5.41, 5.74) is 0.737. The van der Waals surface area contributed by atoms with Gasteiger partial charge in [-0.25, -0.2) is 9.59 Å². The van der Waals surface area contributed by atoms with E-state index in [9.17, 15) is 19.2 Å².